The van der Waals surface area contributed by atoms with Crippen molar-refractivity contribution in [2.45, 2.75) is 12.8 Å². The molecule has 2 nitrogen and oxygen atoms in total. The quantitative estimate of drug-likeness (QED) is 0.863. The maximum Gasteiger partial charge on any atom is 0.176 e. The lowest BCUT2D eigenvalue weighted by Gasteiger charge is -2.27. The molecule has 0 aromatic heterocycles. The van der Waals surface area contributed by atoms with Crippen molar-refractivity contribution in [3.8, 4) is 5.75 Å². The standard InChI is InChI=1S/C16H15NO/c1-2-12-8-9-15-14(10-12)11-17-16(18-15)13-6-4-3-5-7-13/h2-10,16-17H,1,11H2. The largest absolute Gasteiger partial charge is 0.471 e. The van der Waals surface area contributed by atoms with Crippen molar-refractivity contribution in [1.29, 1.82) is 0 Å². The highest BCUT2D eigenvalue weighted by atomic mass is 16.5. The third-order valence-electron chi connectivity index (χ3n) is 3.15. The van der Waals surface area contributed by atoms with Crippen LogP contribution in [0.15, 0.2) is 55.1 Å². The summed E-state index contributed by atoms with van der Waals surface area (Å²) in [6.45, 7) is 4.60. The summed E-state index contributed by atoms with van der Waals surface area (Å²) in [6, 6.07) is 16.4. The number of benzene rings is 2. The number of fused-ring (bicyclic) bond motifs is 1. The Kier molecular flexibility index (Phi) is 2.87. The lowest BCUT2D eigenvalue weighted by molar-refractivity contribution is 0.144. The molecular formula is C16H15NO. The van der Waals surface area contributed by atoms with Gasteiger partial charge in [-0.3, -0.25) is 5.32 Å². The fourth-order valence-electron chi connectivity index (χ4n) is 2.16. The Morgan fingerprint density at radius 1 is 1.17 bits per heavy atom. The molecule has 3 rings (SSSR count). The molecule has 1 aliphatic rings. The van der Waals surface area contributed by atoms with Crippen LogP contribution >= 0.6 is 0 Å². The Bertz CT molecular complexity index is 563. The zero-order valence-electron chi connectivity index (χ0n) is 10.1. The molecule has 18 heavy (non-hydrogen) atoms. The summed E-state index contributed by atoms with van der Waals surface area (Å²) in [7, 11) is 0. The smallest absolute Gasteiger partial charge is 0.176 e. The summed E-state index contributed by atoms with van der Waals surface area (Å²) >= 11 is 0. The highest BCUT2D eigenvalue weighted by Gasteiger charge is 2.20. The Hall–Kier alpha value is -2.06. The van der Waals surface area contributed by atoms with E-state index >= 15 is 0 Å². The van der Waals surface area contributed by atoms with Crippen LogP contribution in [0.5, 0.6) is 5.75 Å². The molecule has 2 aromatic carbocycles. The van der Waals surface area contributed by atoms with Crippen LogP contribution in [0.25, 0.3) is 6.08 Å². The first kappa shape index (κ1) is 11.1. The van der Waals surface area contributed by atoms with Crippen LogP contribution in [0.2, 0.25) is 0 Å². The zero-order chi connectivity index (χ0) is 12.4. The number of nitrogens with one attached hydrogen (secondary N) is 1. The van der Waals surface area contributed by atoms with E-state index < -0.39 is 0 Å². The molecule has 1 aliphatic heterocycles. The highest BCUT2D eigenvalue weighted by molar-refractivity contribution is 5.52. The number of rotatable bonds is 2. The van der Waals surface area contributed by atoms with Gasteiger partial charge in [-0.25, -0.2) is 0 Å². The second kappa shape index (κ2) is 4.67. The Labute approximate surface area is 107 Å². The first-order chi connectivity index (χ1) is 8.86. The van der Waals surface area contributed by atoms with Gasteiger partial charge in [0.25, 0.3) is 0 Å². The van der Waals surface area contributed by atoms with Gasteiger partial charge in [-0.2, -0.15) is 0 Å². The van der Waals surface area contributed by atoms with Crippen LogP contribution in [0.3, 0.4) is 0 Å². The average molecular weight is 237 g/mol. The minimum Gasteiger partial charge on any atom is -0.471 e. The predicted octanol–water partition coefficient (Wildman–Crippen LogP) is 3.51. The summed E-state index contributed by atoms with van der Waals surface area (Å²) in [6.07, 6.45) is 1.79. The van der Waals surface area contributed by atoms with Gasteiger partial charge in [0.15, 0.2) is 6.23 Å². The van der Waals surface area contributed by atoms with Gasteiger partial charge >= 0.3 is 0 Å². The van der Waals surface area contributed by atoms with E-state index in [9.17, 15) is 0 Å². The maximum absolute atomic E-state index is 5.97. The van der Waals surface area contributed by atoms with Crippen LogP contribution in [0.1, 0.15) is 22.9 Å². The maximum atomic E-state index is 5.97. The Balaban J connectivity index is 1.88. The van der Waals surface area contributed by atoms with Gasteiger partial charge in [0.2, 0.25) is 0 Å². The van der Waals surface area contributed by atoms with Crippen LogP contribution in [0.4, 0.5) is 0 Å². The molecule has 1 N–H and O–H groups in total. The molecule has 0 aliphatic carbocycles. The van der Waals surface area contributed by atoms with E-state index in [1.807, 2.05) is 36.4 Å². The third-order valence-corrected chi connectivity index (χ3v) is 3.15. The average Bonchev–Trinajstić information content (AvgIpc) is 2.47. The molecule has 0 saturated carbocycles. The van der Waals surface area contributed by atoms with E-state index in [2.05, 4.69) is 30.1 Å². The summed E-state index contributed by atoms with van der Waals surface area (Å²) < 4.78 is 5.97. The lowest BCUT2D eigenvalue weighted by atomic mass is 10.1. The van der Waals surface area contributed by atoms with Crippen molar-refractivity contribution >= 4 is 6.08 Å². The third kappa shape index (κ3) is 2.03. The molecule has 0 radical (unpaired) electrons. The Morgan fingerprint density at radius 3 is 2.78 bits per heavy atom. The lowest BCUT2D eigenvalue weighted by Crippen LogP contribution is -2.30. The minimum absolute atomic E-state index is 0.0618. The molecular weight excluding hydrogens is 222 g/mol. The number of hydrogen-bond acceptors (Lipinski definition) is 2. The molecule has 0 amide bonds. The van der Waals surface area contributed by atoms with E-state index in [-0.39, 0.29) is 6.23 Å². The van der Waals surface area contributed by atoms with Crippen molar-refractivity contribution < 1.29 is 4.74 Å². The predicted molar refractivity (Wildman–Crippen MR) is 73.2 cm³/mol. The van der Waals surface area contributed by atoms with Crippen molar-refractivity contribution in [3.05, 3.63) is 71.8 Å². The van der Waals surface area contributed by atoms with Gasteiger partial charge in [-0.15, -0.1) is 0 Å². The molecule has 0 spiro atoms. The molecule has 1 unspecified atom stereocenters. The summed E-state index contributed by atoms with van der Waals surface area (Å²) in [4.78, 5) is 0. The summed E-state index contributed by atoms with van der Waals surface area (Å²) in [5.41, 5.74) is 3.45. The monoisotopic (exact) mass is 237 g/mol. The molecule has 0 bridgehead atoms. The summed E-state index contributed by atoms with van der Waals surface area (Å²) in [5.74, 6) is 0.952. The first-order valence-corrected chi connectivity index (χ1v) is 6.07. The van der Waals surface area contributed by atoms with E-state index in [4.69, 9.17) is 4.74 Å². The minimum atomic E-state index is -0.0618. The SMILES string of the molecule is C=Cc1ccc2c(c1)CNC(c1ccccc1)O2. The molecule has 1 atom stereocenters. The van der Waals surface area contributed by atoms with Gasteiger partial charge in [0.05, 0.1) is 0 Å². The second-order valence-corrected chi connectivity index (χ2v) is 4.36. The van der Waals surface area contributed by atoms with E-state index in [1.165, 1.54) is 5.56 Å². The van der Waals surface area contributed by atoms with Crippen molar-refractivity contribution in [3.63, 3.8) is 0 Å². The van der Waals surface area contributed by atoms with Gasteiger partial charge in [-0.1, -0.05) is 49.1 Å². The van der Waals surface area contributed by atoms with Crippen LogP contribution in [-0.2, 0) is 6.54 Å². The van der Waals surface area contributed by atoms with Gasteiger partial charge < -0.3 is 4.74 Å². The van der Waals surface area contributed by atoms with E-state index in [0.29, 0.717) is 0 Å². The highest BCUT2D eigenvalue weighted by Crippen LogP contribution is 2.29. The fourth-order valence-corrected chi connectivity index (χ4v) is 2.16. The normalized spacial score (nSPS) is 17.7. The topological polar surface area (TPSA) is 21.3 Å². The van der Waals surface area contributed by atoms with E-state index in [1.54, 1.807) is 0 Å². The van der Waals surface area contributed by atoms with Crippen LogP contribution < -0.4 is 10.1 Å². The van der Waals surface area contributed by atoms with Crippen LogP contribution in [-0.4, -0.2) is 0 Å². The number of hydrogen-bond donors (Lipinski definition) is 1. The van der Waals surface area contributed by atoms with Crippen molar-refractivity contribution in [2.75, 3.05) is 0 Å². The molecule has 1 heterocycles. The van der Waals surface area contributed by atoms with E-state index in [0.717, 1.165) is 23.4 Å². The van der Waals surface area contributed by atoms with Crippen molar-refractivity contribution in [1.82, 2.24) is 5.32 Å². The molecule has 2 heteroatoms. The first-order valence-electron chi connectivity index (χ1n) is 6.07. The molecule has 0 fully saturated rings. The Morgan fingerprint density at radius 2 is 2.00 bits per heavy atom. The molecule has 0 saturated heterocycles. The van der Waals surface area contributed by atoms with Gasteiger partial charge in [0.1, 0.15) is 5.75 Å². The zero-order valence-corrected chi connectivity index (χ0v) is 10.1. The summed E-state index contributed by atoms with van der Waals surface area (Å²) in [5, 5.41) is 3.39. The fraction of sp³-hybridized carbons (Fsp3) is 0.125. The second-order valence-electron chi connectivity index (χ2n) is 4.36. The van der Waals surface area contributed by atoms with Crippen molar-refractivity contribution in [2.24, 2.45) is 0 Å². The number of ether oxygens (including phenoxy) is 1. The van der Waals surface area contributed by atoms with Crippen LogP contribution in [0, 0.1) is 0 Å². The molecule has 90 valence electrons. The van der Waals surface area contributed by atoms with Gasteiger partial charge in [-0.05, 0) is 17.7 Å². The molecule has 2 aromatic rings. The van der Waals surface area contributed by atoms with Gasteiger partial charge in [0, 0.05) is 17.7 Å².